The Balaban J connectivity index is 2.11. The third-order valence-corrected chi connectivity index (χ3v) is 2.62. The second-order valence-corrected chi connectivity index (χ2v) is 5.34. The van der Waals surface area contributed by atoms with Crippen LogP contribution in [-0.4, -0.2) is 60.1 Å². The summed E-state index contributed by atoms with van der Waals surface area (Å²) in [7, 11) is 4.09. The largest absolute Gasteiger partial charge is 0.379 e. The lowest BCUT2D eigenvalue weighted by Gasteiger charge is -2.11. The Morgan fingerprint density at radius 1 is 1.37 bits per heavy atom. The molecule has 0 saturated carbocycles. The molecule has 0 aliphatic heterocycles. The topological polar surface area (TPSA) is 55.2 Å². The second kappa shape index (κ2) is 9.01. The van der Waals surface area contributed by atoms with Crippen LogP contribution in [0.25, 0.3) is 0 Å². The van der Waals surface area contributed by atoms with Crippen molar-refractivity contribution in [3.63, 3.8) is 0 Å². The molecule has 0 aliphatic rings. The standard InChI is InChI=1S/C13H27N5O/c1-12(2)10-18-13(15-11-16-18)9-14-5-7-19-8-6-17(3)4/h11-12,14H,5-10H2,1-4H3. The van der Waals surface area contributed by atoms with Crippen molar-refractivity contribution < 1.29 is 4.74 Å². The molecule has 0 atom stereocenters. The summed E-state index contributed by atoms with van der Waals surface area (Å²) in [6.45, 7) is 9.31. The van der Waals surface area contributed by atoms with E-state index in [1.807, 2.05) is 18.8 Å². The summed E-state index contributed by atoms with van der Waals surface area (Å²) in [5.41, 5.74) is 0. The van der Waals surface area contributed by atoms with Crippen molar-refractivity contribution >= 4 is 0 Å². The molecule has 0 aromatic carbocycles. The van der Waals surface area contributed by atoms with E-state index >= 15 is 0 Å². The highest BCUT2D eigenvalue weighted by Gasteiger charge is 2.05. The van der Waals surface area contributed by atoms with Crippen LogP contribution in [0.2, 0.25) is 0 Å². The molecular formula is C13H27N5O. The normalized spacial score (nSPS) is 11.7. The summed E-state index contributed by atoms with van der Waals surface area (Å²) >= 11 is 0. The Morgan fingerprint density at radius 3 is 2.84 bits per heavy atom. The molecule has 1 rings (SSSR count). The number of aromatic nitrogens is 3. The molecule has 19 heavy (non-hydrogen) atoms. The highest BCUT2D eigenvalue weighted by Crippen LogP contribution is 2.00. The minimum Gasteiger partial charge on any atom is -0.379 e. The van der Waals surface area contributed by atoms with Gasteiger partial charge in [-0.2, -0.15) is 5.10 Å². The molecule has 110 valence electrons. The van der Waals surface area contributed by atoms with Crippen LogP contribution in [-0.2, 0) is 17.8 Å². The zero-order valence-electron chi connectivity index (χ0n) is 12.6. The van der Waals surface area contributed by atoms with Crippen LogP contribution in [0.15, 0.2) is 6.33 Å². The van der Waals surface area contributed by atoms with Crippen LogP contribution in [0.3, 0.4) is 0 Å². The maximum absolute atomic E-state index is 5.51. The van der Waals surface area contributed by atoms with E-state index in [0.29, 0.717) is 5.92 Å². The van der Waals surface area contributed by atoms with Gasteiger partial charge in [0.15, 0.2) is 0 Å². The molecule has 0 amide bonds. The number of hydrogen-bond donors (Lipinski definition) is 1. The summed E-state index contributed by atoms with van der Waals surface area (Å²) in [4.78, 5) is 6.38. The van der Waals surface area contributed by atoms with Gasteiger partial charge < -0.3 is 15.0 Å². The average molecular weight is 269 g/mol. The fourth-order valence-electron chi connectivity index (χ4n) is 1.62. The smallest absolute Gasteiger partial charge is 0.140 e. The van der Waals surface area contributed by atoms with Crippen LogP contribution in [0.1, 0.15) is 19.7 Å². The first-order valence-corrected chi connectivity index (χ1v) is 6.89. The summed E-state index contributed by atoms with van der Waals surface area (Å²) in [5, 5.41) is 7.56. The number of ether oxygens (including phenoxy) is 1. The van der Waals surface area contributed by atoms with E-state index in [-0.39, 0.29) is 0 Å². The molecule has 6 heteroatoms. The fraction of sp³-hybridized carbons (Fsp3) is 0.846. The van der Waals surface area contributed by atoms with E-state index < -0.39 is 0 Å². The van der Waals surface area contributed by atoms with Crippen LogP contribution in [0.4, 0.5) is 0 Å². The van der Waals surface area contributed by atoms with Crippen molar-refractivity contribution in [1.82, 2.24) is 25.0 Å². The first-order chi connectivity index (χ1) is 9.09. The molecule has 0 fully saturated rings. The van der Waals surface area contributed by atoms with Gasteiger partial charge in [-0.25, -0.2) is 9.67 Å². The SMILES string of the molecule is CC(C)Cn1ncnc1CNCCOCCN(C)C. The van der Waals surface area contributed by atoms with Crippen molar-refractivity contribution in [1.29, 1.82) is 0 Å². The van der Waals surface area contributed by atoms with E-state index in [9.17, 15) is 0 Å². The summed E-state index contributed by atoms with van der Waals surface area (Å²) < 4.78 is 7.47. The predicted molar refractivity (Wildman–Crippen MR) is 75.9 cm³/mol. The lowest BCUT2D eigenvalue weighted by Crippen LogP contribution is -2.24. The Bertz CT molecular complexity index is 338. The molecule has 0 bridgehead atoms. The third kappa shape index (κ3) is 7.25. The van der Waals surface area contributed by atoms with Crippen molar-refractivity contribution in [2.45, 2.75) is 26.9 Å². The van der Waals surface area contributed by atoms with E-state index in [2.05, 4.69) is 34.1 Å². The molecule has 0 radical (unpaired) electrons. The van der Waals surface area contributed by atoms with E-state index in [0.717, 1.165) is 45.2 Å². The van der Waals surface area contributed by atoms with E-state index in [1.54, 1.807) is 6.33 Å². The van der Waals surface area contributed by atoms with Gasteiger partial charge in [0, 0.05) is 19.6 Å². The zero-order valence-corrected chi connectivity index (χ0v) is 12.6. The molecule has 1 aromatic heterocycles. The predicted octanol–water partition coefficient (Wildman–Crippen LogP) is 0.602. The molecule has 0 aliphatic carbocycles. The summed E-state index contributed by atoms with van der Waals surface area (Å²) in [5.74, 6) is 1.57. The molecule has 1 N–H and O–H groups in total. The third-order valence-electron chi connectivity index (χ3n) is 2.62. The van der Waals surface area contributed by atoms with Gasteiger partial charge >= 0.3 is 0 Å². The number of nitrogens with one attached hydrogen (secondary N) is 1. The van der Waals surface area contributed by atoms with Gasteiger partial charge in [-0.15, -0.1) is 0 Å². The van der Waals surface area contributed by atoms with Gasteiger partial charge in [0.2, 0.25) is 0 Å². The van der Waals surface area contributed by atoms with Crippen molar-refractivity contribution in [3.8, 4) is 0 Å². The summed E-state index contributed by atoms with van der Waals surface area (Å²) in [6, 6.07) is 0. The lowest BCUT2D eigenvalue weighted by atomic mass is 10.2. The van der Waals surface area contributed by atoms with Gasteiger partial charge in [0.25, 0.3) is 0 Å². The van der Waals surface area contributed by atoms with Gasteiger partial charge in [0.05, 0.1) is 19.8 Å². The summed E-state index contributed by atoms with van der Waals surface area (Å²) in [6.07, 6.45) is 1.62. The Kier molecular flexibility index (Phi) is 7.62. The Morgan fingerprint density at radius 2 is 2.16 bits per heavy atom. The molecule has 0 saturated heterocycles. The minimum atomic E-state index is 0.579. The first kappa shape index (κ1) is 16.1. The van der Waals surface area contributed by atoms with Crippen LogP contribution >= 0.6 is 0 Å². The van der Waals surface area contributed by atoms with Crippen molar-refractivity contribution in [3.05, 3.63) is 12.2 Å². The highest BCUT2D eigenvalue weighted by molar-refractivity contribution is 4.83. The van der Waals surface area contributed by atoms with Gasteiger partial charge in [-0.1, -0.05) is 13.8 Å². The van der Waals surface area contributed by atoms with Gasteiger partial charge in [-0.3, -0.25) is 0 Å². The molecule has 0 spiro atoms. The quantitative estimate of drug-likeness (QED) is 0.631. The number of hydrogen-bond acceptors (Lipinski definition) is 5. The van der Waals surface area contributed by atoms with Crippen LogP contribution in [0, 0.1) is 5.92 Å². The Labute approximate surface area is 116 Å². The maximum Gasteiger partial charge on any atom is 0.140 e. The van der Waals surface area contributed by atoms with Crippen molar-refractivity contribution in [2.24, 2.45) is 5.92 Å². The minimum absolute atomic E-state index is 0.579. The monoisotopic (exact) mass is 269 g/mol. The number of likely N-dealkylation sites (N-methyl/N-ethyl adjacent to an activating group) is 1. The van der Waals surface area contributed by atoms with Gasteiger partial charge in [-0.05, 0) is 20.0 Å². The molecule has 6 nitrogen and oxygen atoms in total. The molecule has 1 aromatic rings. The number of nitrogens with zero attached hydrogens (tertiary/aromatic N) is 4. The molecule has 0 unspecified atom stereocenters. The average Bonchev–Trinajstić information content (AvgIpc) is 2.74. The first-order valence-electron chi connectivity index (χ1n) is 6.89. The lowest BCUT2D eigenvalue weighted by molar-refractivity contribution is 0.119. The fourth-order valence-corrected chi connectivity index (χ4v) is 1.62. The number of rotatable bonds is 10. The Hall–Kier alpha value is -0.980. The van der Waals surface area contributed by atoms with E-state index in [1.165, 1.54) is 0 Å². The van der Waals surface area contributed by atoms with Crippen LogP contribution < -0.4 is 5.32 Å². The van der Waals surface area contributed by atoms with Crippen LogP contribution in [0.5, 0.6) is 0 Å². The molecular weight excluding hydrogens is 242 g/mol. The maximum atomic E-state index is 5.51. The highest BCUT2D eigenvalue weighted by atomic mass is 16.5. The van der Waals surface area contributed by atoms with E-state index in [4.69, 9.17) is 4.74 Å². The molecule has 1 heterocycles. The van der Waals surface area contributed by atoms with Crippen molar-refractivity contribution in [2.75, 3.05) is 40.4 Å². The van der Waals surface area contributed by atoms with Gasteiger partial charge in [0.1, 0.15) is 12.2 Å². The zero-order chi connectivity index (χ0) is 14.1. The second-order valence-electron chi connectivity index (χ2n) is 5.34.